The molecule has 2 N–H and O–H groups in total. The molecule has 0 aliphatic heterocycles. The number of nitrogens with two attached hydrogens (primary N) is 1. The summed E-state index contributed by atoms with van der Waals surface area (Å²) >= 11 is 11.6. The number of hydrogen-bond donors (Lipinski definition) is 1. The summed E-state index contributed by atoms with van der Waals surface area (Å²) in [5.41, 5.74) is 6.71. The summed E-state index contributed by atoms with van der Waals surface area (Å²) < 4.78 is 12.2. The van der Waals surface area contributed by atoms with Crippen LogP contribution in [-0.4, -0.2) is 6.54 Å². The molecular formula is C10H10Cl2FN. The summed E-state index contributed by atoms with van der Waals surface area (Å²) in [6.45, 7) is 0.195. The standard InChI is InChI=1S/C10H10Cl2FN/c11-9-2-7(3-10(12)4-9)1-8(5-13)6-14/h2-5H,1,6,14H2. The molecule has 1 aromatic rings. The van der Waals surface area contributed by atoms with Gasteiger partial charge in [0.1, 0.15) is 0 Å². The Morgan fingerprint density at radius 1 is 1.29 bits per heavy atom. The van der Waals surface area contributed by atoms with Gasteiger partial charge in [0.25, 0.3) is 0 Å². The molecule has 0 aliphatic carbocycles. The van der Waals surface area contributed by atoms with Crippen molar-refractivity contribution in [3.63, 3.8) is 0 Å². The van der Waals surface area contributed by atoms with Crippen LogP contribution in [0.5, 0.6) is 0 Å². The molecule has 76 valence electrons. The molecule has 1 nitrogen and oxygen atoms in total. The van der Waals surface area contributed by atoms with Gasteiger partial charge < -0.3 is 5.73 Å². The molecule has 14 heavy (non-hydrogen) atoms. The van der Waals surface area contributed by atoms with Crippen LogP contribution in [0.1, 0.15) is 5.56 Å². The first-order chi connectivity index (χ1) is 6.65. The highest BCUT2D eigenvalue weighted by molar-refractivity contribution is 6.34. The molecule has 0 fully saturated rings. The molecule has 0 amide bonds. The Kier molecular flexibility index (Phi) is 4.39. The summed E-state index contributed by atoms with van der Waals surface area (Å²) in [6, 6.07) is 5.12. The van der Waals surface area contributed by atoms with Crippen LogP contribution in [0, 0.1) is 0 Å². The molecule has 0 atom stereocenters. The summed E-state index contributed by atoms with van der Waals surface area (Å²) in [7, 11) is 0. The Morgan fingerprint density at radius 2 is 1.86 bits per heavy atom. The van der Waals surface area contributed by atoms with Crippen molar-refractivity contribution in [1.29, 1.82) is 0 Å². The molecule has 4 heteroatoms. The summed E-state index contributed by atoms with van der Waals surface area (Å²) in [5, 5.41) is 1.09. The van der Waals surface area contributed by atoms with Crippen LogP contribution in [0.25, 0.3) is 0 Å². The van der Waals surface area contributed by atoms with Gasteiger partial charge in [-0.05, 0) is 35.8 Å². The fraction of sp³-hybridized carbons (Fsp3) is 0.200. The van der Waals surface area contributed by atoms with Gasteiger partial charge in [0.15, 0.2) is 0 Å². The molecule has 0 aromatic heterocycles. The fourth-order valence-corrected chi connectivity index (χ4v) is 1.70. The van der Waals surface area contributed by atoms with Crippen LogP contribution >= 0.6 is 23.2 Å². The zero-order valence-corrected chi connectivity index (χ0v) is 8.95. The minimum atomic E-state index is 0.195. The maximum Gasteiger partial charge on any atom is 0.0875 e. The maximum absolute atomic E-state index is 12.2. The third-order valence-corrected chi connectivity index (χ3v) is 2.21. The van der Waals surface area contributed by atoms with Gasteiger partial charge in [-0.25, -0.2) is 4.39 Å². The molecule has 0 radical (unpaired) electrons. The second kappa shape index (κ2) is 5.35. The van der Waals surface area contributed by atoms with E-state index in [9.17, 15) is 4.39 Å². The molecule has 0 unspecified atom stereocenters. The van der Waals surface area contributed by atoms with Crippen LogP contribution in [0.4, 0.5) is 4.39 Å². The Bertz CT molecular complexity index is 330. The lowest BCUT2D eigenvalue weighted by molar-refractivity contribution is 0.699. The average Bonchev–Trinajstić information content (AvgIpc) is 2.12. The predicted molar refractivity (Wildman–Crippen MR) is 58.4 cm³/mol. The van der Waals surface area contributed by atoms with E-state index in [2.05, 4.69) is 0 Å². The Labute approximate surface area is 92.3 Å². The van der Waals surface area contributed by atoms with Crippen LogP contribution in [0.3, 0.4) is 0 Å². The van der Waals surface area contributed by atoms with Crippen molar-refractivity contribution in [3.05, 3.63) is 45.7 Å². The average molecular weight is 234 g/mol. The second-order valence-electron chi connectivity index (χ2n) is 2.93. The Hall–Kier alpha value is -0.570. The quantitative estimate of drug-likeness (QED) is 0.852. The highest BCUT2D eigenvalue weighted by Gasteiger charge is 2.01. The van der Waals surface area contributed by atoms with Gasteiger partial charge in [0.05, 0.1) is 6.33 Å². The van der Waals surface area contributed by atoms with E-state index in [0.29, 0.717) is 28.4 Å². The zero-order valence-electron chi connectivity index (χ0n) is 7.43. The van der Waals surface area contributed by atoms with Crippen molar-refractivity contribution < 1.29 is 4.39 Å². The van der Waals surface area contributed by atoms with E-state index in [4.69, 9.17) is 28.9 Å². The number of hydrogen-bond acceptors (Lipinski definition) is 1. The van der Waals surface area contributed by atoms with Gasteiger partial charge in [0, 0.05) is 16.6 Å². The Morgan fingerprint density at radius 3 is 2.29 bits per heavy atom. The van der Waals surface area contributed by atoms with E-state index in [1.165, 1.54) is 0 Å². The molecule has 0 aliphatic rings. The van der Waals surface area contributed by atoms with Crippen molar-refractivity contribution in [2.75, 3.05) is 6.54 Å². The lowest BCUT2D eigenvalue weighted by Crippen LogP contribution is -2.05. The van der Waals surface area contributed by atoms with Gasteiger partial charge in [0.2, 0.25) is 0 Å². The minimum absolute atomic E-state index is 0.195. The second-order valence-corrected chi connectivity index (χ2v) is 3.80. The maximum atomic E-state index is 12.2. The summed E-state index contributed by atoms with van der Waals surface area (Å²) in [5.74, 6) is 0. The number of halogens is 3. The Balaban J connectivity index is 2.86. The largest absolute Gasteiger partial charge is 0.327 e. The third-order valence-electron chi connectivity index (χ3n) is 1.77. The van der Waals surface area contributed by atoms with Gasteiger partial charge in [-0.15, -0.1) is 0 Å². The molecule has 1 aromatic carbocycles. The van der Waals surface area contributed by atoms with E-state index in [1.807, 2.05) is 0 Å². The van der Waals surface area contributed by atoms with Crippen molar-refractivity contribution in [2.24, 2.45) is 5.73 Å². The van der Waals surface area contributed by atoms with Gasteiger partial charge in [-0.3, -0.25) is 0 Å². The topological polar surface area (TPSA) is 26.0 Å². The lowest BCUT2D eigenvalue weighted by atomic mass is 10.1. The van der Waals surface area contributed by atoms with E-state index >= 15 is 0 Å². The smallest absolute Gasteiger partial charge is 0.0875 e. The van der Waals surface area contributed by atoms with Gasteiger partial charge in [-0.1, -0.05) is 23.2 Å². The number of rotatable bonds is 3. The predicted octanol–water partition coefficient (Wildman–Crippen LogP) is 3.35. The van der Waals surface area contributed by atoms with Gasteiger partial charge >= 0.3 is 0 Å². The molecule has 1 rings (SSSR count). The lowest BCUT2D eigenvalue weighted by Gasteiger charge is -2.04. The molecule has 0 saturated carbocycles. The van der Waals surface area contributed by atoms with Crippen LogP contribution in [0.15, 0.2) is 30.1 Å². The fourth-order valence-electron chi connectivity index (χ4n) is 1.13. The van der Waals surface area contributed by atoms with Crippen LogP contribution in [-0.2, 0) is 6.42 Å². The van der Waals surface area contributed by atoms with E-state index in [-0.39, 0.29) is 6.54 Å². The van der Waals surface area contributed by atoms with E-state index in [0.717, 1.165) is 5.56 Å². The normalized spacial score (nSPS) is 11.9. The van der Waals surface area contributed by atoms with Crippen molar-refractivity contribution in [3.8, 4) is 0 Å². The molecular weight excluding hydrogens is 224 g/mol. The van der Waals surface area contributed by atoms with Crippen LogP contribution < -0.4 is 5.73 Å². The SMILES string of the molecule is NCC(=CF)Cc1cc(Cl)cc(Cl)c1. The highest BCUT2D eigenvalue weighted by atomic mass is 35.5. The molecule has 0 saturated heterocycles. The molecule has 0 heterocycles. The zero-order chi connectivity index (χ0) is 10.6. The summed E-state index contributed by atoms with van der Waals surface area (Å²) in [4.78, 5) is 0. The molecule has 0 bridgehead atoms. The first-order valence-electron chi connectivity index (χ1n) is 4.09. The van der Waals surface area contributed by atoms with Crippen molar-refractivity contribution >= 4 is 23.2 Å². The van der Waals surface area contributed by atoms with E-state index in [1.54, 1.807) is 18.2 Å². The number of benzene rings is 1. The monoisotopic (exact) mass is 233 g/mol. The summed E-state index contributed by atoms with van der Waals surface area (Å²) in [6.07, 6.45) is 0.960. The van der Waals surface area contributed by atoms with Crippen molar-refractivity contribution in [1.82, 2.24) is 0 Å². The van der Waals surface area contributed by atoms with E-state index < -0.39 is 0 Å². The highest BCUT2D eigenvalue weighted by Crippen LogP contribution is 2.20. The third kappa shape index (κ3) is 3.29. The van der Waals surface area contributed by atoms with Crippen molar-refractivity contribution in [2.45, 2.75) is 6.42 Å². The van der Waals surface area contributed by atoms with Crippen LogP contribution in [0.2, 0.25) is 10.0 Å². The first kappa shape index (κ1) is 11.5. The van der Waals surface area contributed by atoms with Gasteiger partial charge in [-0.2, -0.15) is 0 Å². The minimum Gasteiger partial charge on any atom is -0.327 e. The first-order valence-corrected chi connectivity index (χ1v) is 4.84. The molecule has 0 spiro atoms.